The zero-order valence-electron chi connectivity index (χ0n) is 23.1. The second kappa shape index (κ2) is 15.1. The maximum Gasteiger partial charge on any atom is 0.338 e. The quantitative estimate of drug-likeness (QED) is 0.0981. The fourth-order valence-corrected chi connectivity index (χ4v) is 5.81. The Hall–Kier alpha value is -3.81. The lowest BCUT2D eigenvalue weighted by Gasteiger charge is -2.30. The Morgan fingerprint density at radius 3 is 2.60 bits per heavy atom. The maximum absolute atomic E-state index is 13.2. The lowest BCUT2D eigenvalue weighted by atomic mass is 9.95. The molecule has 0 fully saturated rings. The second-order valence-corrected chi connectivity index (χ2v) is 11.3. The van der Waals surface area contributed by atoms with Crippen LogP contribution in [0.1, 0.15) is 36.6 Å². The third-order valence-electron chi connectivity index (χ3n) is 6.08. The number of thiocarbonyl (C=S) groups is 1. The molecule has 3 aromatic carbocycles. The van der Waals surface area contributed by atoms with E-state index in [4.69, 9.17) is 26.4 Å². The number of hydrogen-bond acceptors (Lipinski definition) is 7. The van der Waals surface area contributed by atoms with E-state index in [2.05, 4.69) is 53.0 Å². The van der Waals surface area contributed by atoms with E-state index in [0.717, 1.165) is 10.0 Å². The topological polar surface area (TPSA) is 110 Å². The molecule has 3 N–H and O–H groups in total. The summed E-state index contributed by atoms with van der Waals surface area (Å²) >= 11 is 12.3. The molecule has 4 rings (SSSR count). The number of rotatable bonds is 11. The van der Waals surface area contributed by atoms with E-state index in [9.17, 15) is 14.0 Å². The van der Waals surface area contributed by atoms with Gasteiger partial charge in [-0.15, -0.1) is 0 Å². The van der Waals surface area contributed by atoms with Gasteiger partial charge in [0.2, 0.25) is 0 Å². The second-order valence-electron chi connectivity index (χ2n) is 9.13. The molecular formula is C30H27Br2FN4O5S. The normalized spacial score (nSPS) is 14.6. The fourth-order valence-electron chi connectivity index (χ4n) is 4.17. The Bertz CT molecular complexity index is 1580. The van der Waals surface area contributed by atoms with Crippen LogP contribution in [0.15, 0.2) is 86.0 Å². The molecule has 1 amide bonds. The fraction of sp³-hybridized carbons (Fsp3) is 0.200. The number of carbonyl (C=O) groups excluding carboxylic acids is 2. The van der Waals surface area contributed by atoms with Crippen LogP contribution in [-0.4, -0.2) is 36.4 Å². The first-order chi connectivity index (χ1) is 20.7. The van der Waals surface area contributed by atoms with Crippen LogP contribution in [0.5, 0.6) is 11.5 Å². The summed E-state index contributed by atoms with van der Waals surface area (Å²) < 4.78 is 31.7. The number of hydrogen-bond donors (Lipinski definition) is 3. The molecule has 0 aromatic heterocycles. The van der Waals surface area contributed by atoms with Gasteiger partial charge in [0.1, 0.15) is 23.9 Å². The van der Waals surface area contributed by atoms with Crippen molar-refractivity contribution >= 4 is 67.3 Å². The Morgan fingerprint density at radius 1 is 1.12 bits per heavy atom. The zero-order valence-corrected chi connectivity index (χ0v) is 27.1. The number of amides is 1. The van der Waals surface area contributed by atoms with E-state index in [-0.39, 0.29) is 25.6 Å². The predicted molar refractivity (Wildman–Crippen MR) is 171 cm³/mol. The minimum absolute atomic E-state index is 0.199. The number of para-hydroxylation sites is 1. The van der Waals surface area contributed by atoms with Gasteiger partial charge in [-0.1, -0.05) is 46.3 Å². The number of esters is 1. The highest BCUT2D eigenvalue weighted by molar-refractivity contribution is 9.11. The van der Waals surface area contributed by atoms with Crippen molar-refractivity contribution in [3.63, 3.8) is 0 Å². The number of nitrogens with one attached hydrogen (secondary N) is 3. The largest absolute Gasteiger partial charge is 0.487 e. The maximum atomic E-state index is 13.2. The first-order valence-corrected chi connectivity index (χ1v) is 15.0. The van der Waals surface area contributed by atoms with E-state index in [1.807, 2.05) is 6.07 Å². The van der Waals surface area contributed by atoms with Crippen LogP contribution in [0, 0.1) is 5.82 Å². The van der Waals surface area contributed by atoms with Gasteiger partial charge >= 0.3 is 5.97 Å². The number of allylic oxidation sites excluding steroid dienone is 1. The standard InChI is InChI=1S/C30H27Br2FN4O5S/c1-3-40-29(39)26-17(2)35-30(43)36-27(26)22-6-4-5-7-24(22)41-16-25(38)37-34-14-19-12-20(31)13-23(32)28(19)42-15-18-8-10-21(33)11-9-18/h4-14,27H,3,15-16H2,1-2H3,(H,37,38)(H2,35,36,43)/t27-/m1/s1. The summed E-state index contributed by atoms with van der Waals surface area (Å²) in [5, 5.41) is 10.5. The summed E-state index contributed by atoms with van der Waals surface area (Å²) in [5.74, 6) is -0.464. The van der Waals surface area contributed by atoms with Crippen molar-refractivity contribution in [1.29, 1.82) is 0 Å². The molecule has 0 aliphatic carbocycles. The molecular weight excluding hydrogens is 707 g/mol. The monoisotopic (exact) mass is 732 g/mol. The van der Waals surface area contributed by atoms with Crippen molar-refractivity contribution in [3.8, 4) is 11.5 Å². The molecule has 0 bridgehead atoms. The Morgan fingerprint density at radius 2 is 1.86 bits per heavy atom. The molecule has 1 atom stereocenters. The lowest BCUT2D eigenvalue weighted by Crippen LogP contribution is -2.45. The van der Waals surface area contributed by atoms with Crippen molar-refractivity contribution in [2.45, 2.75) is 26.5 Å². The van der Waals surface area contributed by atoms with Crippen LogP contribution >= 0.6 is 44.1 Å². The Balaban J connectivity index is 1.43. The van der Waals surface area contributed by atoms with Crippen LogP contribution in [0.3, 0.4) is 0 Å². The summed E-state index contributed by atoms with van der Waals surface area (Å²) in [5.41, 5.74) is 5.34. The number of hydrazone groups is 1. The predicted octanol–water partition coefficient (Wildman–Crippen LogP) is 5.81. The van der Waals surface area contributed by atoms with Crippen LogP contribution in [0.25, 0.3) is 0 Å². The van der Waals surface area contributed by atoms with Crippen LogP contribution in [0.4, 0.5) is 4.39 Å². The minimum atomic E-state index is -0.645. The summed E-state index contributed by atoms with van der Waals surface area (Å²) in [4.78, 5) is 25.4. The Labute approximate surface area is 270 Å². The van der Waals surface area contributed by atoms with Gasteiger partial charge in [0.05, 0.1) is 28.9 Å². The van der Waals surface area contributed by atoms with Gasteiger partial charge in [0, 0.05) is 21.3 Å². The number of benzene rings is 3. The highest BCUT2D eigenvalue weighted by Gasteiger charge is 2.32. The SMILES string of the molecule is CCOC(=O)C1=C(C)NC(=S)N[C@@H]1c1ccccc1OCC(=O)NN=Cc1cc(Br)cc(Br)c1OCc1ccc(F)cc1. The van der Waals surface area contributed by atoms with Crippen molar-refractivity contribution in [2.24, 2.45) is 5.10 Å². The molecule has 0 spiro atoms. The molecule has 0 unspecified atom stereocenters. The van der Waals surface area contributed by atoms with E-state index in [1.165, 1.54) is 18.3 Å². The molecule has 224 valence electrons. The molecule has 1 heterocycles. The zero-order chi connectivity index (χ0) is 30.9. The minimum Gasteiger partial charge on any atom is -0.487 e. The van der Waals surface area contributed by atoms with E-state index >= 15 is 0 Å². The van der Waals surface area contributed by atoms with Gasteiger partial charge in [0.15, 0.2) is 11.7 Å². The Kier molecular flexibility index (Phi) is 11.3. The lowest BCUT2D eigenvalue weighted by molar-refractivity contribution is -0.139. The molecule has 9 nitrogen and oxygen atoms in total. The summed E-state index contributed by atoms with van der Waals surface area (Å²) in [6.45, 7) is 3.53. The van der Waals surface area contributed by atoms with E-state index in [1.54, 1.807) is 56.3 Å². The van der Waals surface area contributed by atoms with Gasteiger partial charge in [0.25, 0.3) is 5.91 Å². The smallest absolute Gasteiger partial charge is 0.338 e. The molecule has 0 saturated carbocycles. The number of nitrogens with zero attached hydrogens (tertiary/aromatic N) is 1. The van der Waals surface area contributed by atoms with Gasteiger partial charge in [-0.05, 0) is 77.9 Å². The molecule has 1 aliphatic heterocycles. The van der Waals surface area contributed by atoms with Crippen LogP contribution in [-0.2, 0) is 20.9 Å². The number of ether oxygens (including phenoxy) is 3. The van der Waals surface area contributed by atoms with Crippen molar-refractivity contribution < 1.29 is 28.2 Å². The molecule has 13 heteroatoms. The average Bonchev–Trinajstić information content (AvgIpc) is 2.96. The third kappa shape index (κ3) is 8.62. The summed E-state index contributed by atoms with van der Waals surface area (Å²) in [6.07, 6.45) is 1.44. The molecule has 0 saturated heterocycles. The van der Waals surface area contributed by atoms with Gasteiger partial charge in [-0.25, -0.2) is 14.6 Å². The summed E-state index contributed by atoms with van der Waals surface area (Å²) in [6, 6.07) is 16.0. The van der Waals surface area contributed by atoms with Crippen molar-refractivity contribution in [2.75, 3.05) is 13.2 Å². The molecule has 1 aliphatic rings. The molecule has 3 aromatic rings. The average molecular weight is 734 g/mol. The van der Waals surface area contributed by atoms with Gasteiger partial charge in [-0.2, -0.15) is 5.10 Å². The highest BCUT2D eigenvalue weighted by Crippen LogP contribution is 2.34. The van der Waals surface area contributed by atoms with Crippen molar-refractivity contribution in [1.82, 2.24) is 16.1 Å². The van der Waals surface area contributed by atoms with E-state index < -0.39 is 17.9 Å². The van der Waals surface area contributed by atoms with E-state index in [0.29, 0.717) is 43.5 Å². The van der Waals surface area contributed by atoms with Gasteiger partial charge in [-0.3, -0.25) is 4.79 Å². The highest BCUT2D eigenvalue weighted by atomic mass is 79.9. The molecule has 0 radical (unpaired) electrons. The van der Waals surface area contributed by atoms with Crippen LogP contribution in [0.2, 0.25) is 0 Å². The number of halogens is 3. The van der Waals surface area contributed by atoms with Crippen LogP contribution < -0.4 is 25.5 Å². The number of carbonyl (C=O) groups is 2. The molecule has 43 heavy (non-hydrogen) atoms. The summed E-state index contributed by atoms with van der Waals surface area (Å²) in [7, 11) is 0. The first kappa shape index (κ1) is 32.1. The van der Waals surface area contributed by atoms with Crippen molar-refractivity contribution in [3.05, 3.63) is 103 Å². The first-order valence-electron chi connectivity index (χ1n) is 13.0. The third-order valence-corrected chi connectivity index (χ3v) is 7.35. The van der Waals surface area contributed by atoms with Gasteiger partial charge < -0.3 is 24.8 Å².